The van der Waals surface area contributed by atoms with Crippen LogP contribution in [0.3, 0.4) is 0 Å². The van der Waals surface area contributed by atoms with Crippen LogP contribution in [-0.2, 0) is 11.3 Å². The zero-order valence-electron chi connectivity index (χ0n) is 12.9. The molecule has 4 nitrogen and oxygen atoms in total. The fraction of sp³-hybridized carbons (Fsp3) is 0.389. The van der Waals surface area contributed by atoms with Crippen molar-refractivity contribution in [2.75, 3.05) is 13.7 Å². The molecule has 0 radical (unpaired) electrons. The van der Waals surface area contributed by atoms with Gasteiger partial charge in [0.2, 0.25) is 5.91 Å². The lowest BCUT2D eigenvalue weighted by Crippen LogP contribution is -2.46. The van der Waals surface area contributed by atoms with Gasteiger partial charge in [0.25, 0.3) is 0 Å². The maximum Gasteiger partial charge on any atom is 0.237 e. The molecule has 0 aromatic heterocycles. The minimum Gasteiger partial charge on any atom is -0.496 e. The molecule has 0 saturated carbocycles. The third kappa shape index (κ3) is 3.07. The Morgan fingerprint density at radius 2 is 2.14 bits per heavy atom. The highest BCUT2D eigenvalue weighted by Gasteiger charge is 2.20. The number of carbonyl (C=O) groups is 1. The first-order valence-corrected chi connectivity index (χ1v) is 7.85. The van der Waals surface area contributed by atoms with Crippen LogP contribution in [0.1, 0.15) is 24.8 Å². The van der Waals surface area contributed by atoms with Crippen LogP contribution in [0.25, 0.3) is 10.8 Å². The van der Waals surface area contributed by atoms with Crippen LogP contribution >= 0.6 is 0 Å². The third-order valence-electron chi connectivity index (χ3n) is 4.28. The number of nitrogens with one attached hydrogen (secondary N) is 2. The van der Waals surface area contributed by atoms with E-state index < -0.39 is 0 Å². The average molecular weight is 298 g/mol. The number of fused-ring (bicyclic) bond motifs is 1. The molecule has 1 aliphatic heterocycles. The van der Waals surface area contributed by atoms with Crippen molar-refractivity contribution in [3.8, 4) is 5.75 Å². The topological polar surface area (TPSA) is 50.4 Å². The molecule has 4 heteroatoms. The Morgan fingerprint density at radius 3 is 2.91 bits per heavy atom. The quantitative estimate of drug-likeness (QED) is 0.912. The highest BCUT2D eigenvalue weighted by molar-refractivity contribution is 5.88. The molecule has 2 N–H and O–H groups in total. The SMILES string of the molecule is COc1ccc2ccccc2c1CNC(=O)[C@@H]1CCCCN1. The highest BCUT2D eigenvalue weighted by Crippen LogP contribution is 2.27. The van der Waals surface area contributed by atoms with Crippen molar-refractivity contribution < 1.29 is 9.53 Å². The van der Waals surface area contributed by atoms with E-state index in [-0.39, 0.29) is 11.9 Å². The van der Waals surface area contributed by atoms with Crippen molar-refractivity contribution >= 4 is 16.7 Å². The molecule has 22 heavy (non-hydrogen) atoms. The van der Waals surface area contributed by atoms with Crippen molar-refractivity contribution in [2.45, 2.75) is 31.8 Å². The molecule has 116 valence electrons. The number of hydrogen-bond donors (Lipinski definition) is 2. The monoisotopic (exact) mass is 298 g/mol. The third-order valence-corrected chi connectivity index (χ3v) is 4.28. The summed E-state index contributed by atoms with van der Waals surface area (Å²) in [6.07, 6.45) is 3.18. The van der Waals surface area contributed by atoms with Crippen molar-refractivity contribution in [3.63, 3.8) is 0 Å². The molecule has 2 aromatic rings. The van der Waals surface area contributed by atoms with Crippen LogP contribution in [0.5, 0.6) is 5.75 Å². The Kier molecular flexibility index (Phi) is 4.59. The van der Waals surface area contributed by atoms with Gasteiger partial charge in [-0.1, -0.05) is 36.8 Å². The summed E-state index contributed by atoms with van der Waals surface area (Å²) in [5.41, 5.74) is 1.03. The standard InChI is InChI=1S/C18H22N2O2/c1-22-17-10-9-13-6-2-3-7-14(13)15(17)12-20-18(21)16-8-4-5-11-19-16/h2-3,6-7,9-10,16,19H,4-5,8,11-12H2,1H3,(H,20,21)/t16-/m0/s1. The minimum absolute atomic E-state index is 0.0604. The van der Waals surface area contributed by atoms with E-state index in [2.05, 4.69) is 22.8 Å². The normalized spacial score (nSPS) is 18.1. The Morgan fingerprint density at radius 1 is 1.27 bits per heavy atom. The van der Waals surface area contributed by atoms with Gasteiger partial charge >= 0.3 is 0 Å². The summed E-state index contributed by atoms with van der Waals surface area (Å²) in [7, 11) is 1.66. The van der Waals surface area contributed by atoms with Crippen LogP contribution in [0.15, 0.2) is 36.4 Å². The zero-order valence-corrected chi connectivity index (χ0v) is 12.9. The molecule has 1 atom stereocenters. The maximum absolute atomic E-state index is 12.3. The van der Waals surface area contributed by atoms with Gasteiger partial charge in [0, 0.05) is 12.1 Å². The van der Waals surface area contributed by atoms with Gasteiger partial charge in [-0.3, -0.25) is 4.79 Å². The van der Waals surface area contributed by atoms with Gasteiger partial charge in [0.15, 0.2) is 0 Å². The first kappa shape index (κ1) is 14.9. The summed E-state index contributed by atoms with van der Waals surface area (Å²) in [5.74, 6) is 0.894. The Bertz CT molecular complexity index is 663. The van der Waals surface area contributed by atoms with Gasteiger partial charge in [-0.15, -0.1) is 0 Å². The molecule has 3 rings (SSSR count). The average Bonchev–Trinajstić information content (AvgIpc) is 2.60. The predicted molar refractivity (Wildman–Crippen MR) is 88.0 cm³/mol. The molecule has 0 bridgehead atoms. The van der Waals surface area contributed by atoms with Gasteiger partial charge in [0.05, 0.1) is 13.2 Å². The summed E-state index contributed by atoms with van der Waals surface area (Å²) in [4.78, 5) is 12.3. The second-order valence-corrected chi connectivity index (χ2v) is 5.69. The molecule has 2 aromatic carbocycles. The largest absolute Gasteiger partial charge is 0.496 e. The van der Waals surface area contributed by atoms with Gasteiger partial charge < -0.3 is 15.4 Å². The molecule has 1 heterocycles. The van der Waals surface area contributed by atoms with E-state index in [9.17, 15) is 4.79 Å². The van der Waals surface area contributed by atoms with E-state index >= 15 is 0 Å². The summed E-state index contributed by atoms with van der Waals surface area (Å²) in [6, 6.07) is 12.1. The Labute approximate surface area is 130 Å². The number of amides is 1. The summed E-state index contributed by atoms with van der Waals surface area (Å²) in [6.45, 7) is 1.41. The van der Waals surface area contributed by atoms with Crippen LogP contribution < -0.4 is 15.4 Å². The summed E-state index contributed by atoms with van der Waals surface area (Å²) >= 11 is 0. The molecule has 0 unspecified atom stereocenters. The lowest BCUT2D eigenvalue weighted by Gasteiger charge is -2.23. The number of carbonyl (C=O) groups excluding carboxylic acids is 1. The summed E-state index contributed by atoms with van der Waals surface area (Å²) < 4.78 is 5.46. The van der Waals surface area contributed by atoms with Gasteiger partial charge in [-0.05, 0) is 36.2 Å². The van der Waals surface area contributed by atoms with Crippen LogP contribution in [0.4, 0.5) is 0 Å². The lowest BCUT2D eigenvalue weighted by atomic mass is 10.0. The van der Waals surface area contributed by atoms with Crippen molar-refractivity contribution in [1.29, 1.82) is 0 Å². The number of benzene rings is 2. The number of methoxy groups -OCH3 is 1. The Hall–Kier alpha value is -2.07. The molecule has 0 aliphatic carbocycles. The molecule has 1 amide bonds. The second-order valence-electron chi connectivity index (χ2n) is 5.69. The van der Waals surface area contributed by atoms with Crippen LogP contribution in [0, 0.1) is 0 Å². The molecule has 1 saturated heterocycles. The summed E-state index contributed by atoms with van der Waals surface area (Å²) in [5, 5.41) is 8.61. The Balaban J connectivity index is 1.79. The van der Waals surface area contributed by atoms with E-state index in [1.165, 1.54) is 0 Å². The van der Waals surface area contributed by atoms with E-state index in [0.717, 1.165) is 47.9 Å². The van der Waals surface area contributed by atoms with E-state index in [4.69, 9.17) is 4.74 Å². The lowest BCUT2D eigenvalue weighted by molar-refractivity contribution is -0.123. The van der Waals surface area contributed by atoms with Crippen molar-refractivity contribution in [3.05, 3.63) is 42.0 Å². The molecular weight excluding hydrogens is 276 g/mol. The zero-order chi connectivity index (χ0) is 15.4. The second kappa shape index (κ2) is 6.79. The van der Waals surface area contributed by atoms with Crippen molar-refractivity contribution in [1.82, 2.24) is 10.6 Å². The van der Waals surface area contributed by atoms with Gasteiger partial charge in [0.1, 0.15) is 5.75 Å². The first-order valence-electron chi connectivity index (χ1n) is 7.85. The number of piperidine rings is 1. The fourth-order valence-corrected chi connectivity index (χ4v) is 3.06. The molecule has 0 spiro atoms. The molecule has 1 aliphatic rings. The maximum atomic E-state index is 12.3. The van der Waals surface area contributed by atoms with Crippen LogP contribution in [0.2, 0.25) is 0 Å². The van der Waals surface area contributed by atoms with Gasteiger partial charge in [-0.2, -0.15) is 0 Å². The number of rotatable bonds is 4. The van der Waals surface area contributed by atoms with Crippen LogP contribution in [-0.4, -0.2) is 25.6 Å². The van der Waals surface area contributed by atoms with E-state index in [0.29, 0.717) is 6.54 Å². The minimum atomic E-state index is -0.0604. The van der Waals surface area contributed by atoms with E-state index in [1.807, 2.05) is 24.3 Å². The smallest absolute Gasteiger partial charge is 0.237 e. The number of hydrogen-bond acceptors (Lipinski definition) is 3. The number of ether oxygens (including phenoxy) is 1. The highest BCUT2D eigenvalue weighted by atomic mass is 16.5. The van der Waals surface area contributed by atoms with E-state index in [1.54, 1.807) is 7.11 Å². The molecule has 1 fully saturated rings. The fourth-order valence-electron chi connectivity index (χ4n) is 3.06. The van der Waals surface area contributed by atoms with Gasteiger partial charge in [-0.25, -0.2) is 0 Å². The molecular formula is C18H22N2O2. The predicted octanol–water partition coefficient (Wildman–Crippen LogP) is 2.61. The van der Waals surface area contributed by atoms with Crippen molar-refractivity contribution in [2.24, 2.45) is 0 Å². The first-order chi connectivity index (χ1) is 10.8.